The minimum Gasteiger partial charge on any atom is -0.494 e. The Bertz CT molecular complexity index is 987. The zero-order chi connectivity index (χ0) is 22.8. The van der Waals surface area contributed by atoms with Gasteiger partial charge in [0.2, 0.25) is 5.95 Å². The predicted octanol–water partition coefficient (Wildman–Crippen LogP) is 4.56. The number of hydrogen-bond donors (Lipinski definition) is 1. The van der Waals surface area contributed by atoms with Crippen molar-refractivity contribution in [1.29, 1.82) is 0 Å². The van der Waals surface area contributed by atoms with Crippen LogP contribution in [0.4, 0.5) is 11.6 Å². The van der Waals surface area contributed by atoms with Gasteiger partial charge < -0.3 is 14.8 Å². The summed E-state index contributed by atoms with van der Waals surface area (Å²) in [4.78, 5) is 19.9. The van der Waals surface area contributed by atoms with Crippen LogP contribution in [0.2, 0.25) is 0 Å². The fourth-order valence-corrected chi connectivity index (χ4v) is 2.99. The van der Waals surface area contributed by atoms with E-state index in [0.29, 0.717) is 30.4 Å². The average molecular weight is 439 g/mol. The van der Waals surface area contributed by atoms with Crippen molar-refractivity contribution < 1.29 is 14.3 Å². The number of rotatable bonds is 12. The molecule has 0 aliphatic rings. The molecule has 0 radical (unpaired) electrons. The predicted molar refractivity (Wildman–Crippen MR) is 122 cm³/mol. The summed E-state index contributed by atoms with van der Waals surface area (Å²) in [6, 6.07) is 9.73. The van der Waals surface area contributed by atoms with E-state index in [1.54, 1.807) is 10.9 Å². The van der Waals surface area contributed by atoms with E-state index in [9.17, 15) is 4.79 Å². The molecule has 2 aromatic heterocycles. The standard InChI is InChI=1S/C23H30N6O3/c1-17(2)29-16-21(27-28-29)20-13-14-24-23(26-20)25-18-9-11-19(12-10-18)32-15-7-5-4-6-8-22(30)31-3/h9-14,16-17H,4-8,15H2,1-3H3,(H,24,25,26). The number of nitrogens with zero attached hydrogens (tertiary/aromatic N) is 5. The van der Waals surface area contributed by atoms with E-state index < -0.39 is 0 Å². The van der Waals surface area contributed by atoms with Gasteiger partial charge in [0.25, 0.3) is 0 Å². The van der Waals surface area contributed by atoms with Crippen LogP contribution in [0.15, 0.2) is 42.7 Å². The van der Waals surface area contributed by atoms with Crippen molar-refractivity contribution in [2.75, 3.05) is 19.0 Å². The van der Waals surface area contributed by atoms with E-state index in [1.165, 1.54) is 7.11 Å². The van der Waals surface area contributed by atoms with Crippen LogP contribution in [0.3, 0.4) is 0 Å². The molecule has 0 atom stereocenters. The Morgan fingerprint density at radius 3 is 2.56 bits per heavy atom. The first-order valence-corrected chi connectivity index (χ1v) is 10.9. The van der Waals surface area contributed by atoms with E-state index in [2.05, 4.69) is 30.3 Å². The fraction of sp³-hybridized carbons (Fsp3) is 0.435. The Hall–Kier alpha value is -3.49. The van der Waals surface area contributed by atoms with Crippen LogP contribution < -0.4 is 10.1 Å². The summed E-state index contributed by atoms with van der Waals surface area (Å²) in [5.74, 6) is 1.15. The molecule has 170 valence electrons. The molecule has 0 unspecified atom stereocenters. The van der Waals surface area contributed by atoms with Crippen LogP contribution in [0.5, 0.6) is 5.75 Å². The lowest BCUT2D eigenvalue weighted by atomic mass is 10.1. The Labute approximate surface area is 188 Å². The quantitative estimate of drug-likeness (QED) is 0.324. The highest BCUT2D eigenvalue weighted by Gasteiger charge is 2.09. The van der Waals surface area contributed by atoms with Gasteiger partial charge in [0.15, 0.2) is 0 Å². The second kappa shape index (κ2) is 11.8. The summed E-state index contributed by atoms with van der Waals surface area (Å²) >= 11 is 0. The number of esters is 1. The van der Waals surface area contributed by atoms with Gasteiger partial charge in [-0.25, -0.2) is 14.6 Å². The first kappa shape index (κ1) is 23.2. The van der Waals surface area contributed by atoms with Crippen molar-refractivity contribution in [2.45, 2.75) is 52.0 Å². The van der Waals surface area contributed by atoms with Crippen molar-refractivity contribution >= 4 is 17.6 Å². The monoisotopic (exact) mass is 438 g/mol. The summed E-state index contributed by atoms with van der Waals surface area (Å²) in [6.45, 7) is 4.74. The van der Waals surface area contributed by atoms with E-state index in [-0.39, 0.29) is 12.0 Å². The molecule has 0 fully saturated rings. The fourth-order valence-electron chi connectivity index (χ4n) is 2.99. The smallest absolute Gasteiger partial charge is 0.305 e. The molecule has 1 aromatic carbocycles. The van der Waals surface area contributed by atoms with Crippen LogP contribution in [-0.4, -0.2) is 44.6 Å². The Kier molecular flexibility index (Phi) is 8.53. The number of anilines is 2. The highest BCUT2D eigenvalue weighted by Crippen LogP contribution is 2.21. The highest BCUT2D eigenvalue weighted by molar-refractivity contribution is 5.69. The molecule has 0 bridgehead atoms. The second-order valence-corrected chi connectivity index (χ2v) is 7.68. The summed E-state index contributed by atoms with van der Waals surface area (Å²) in [6.07, 6.45) is 7.87. The lowest BCUT2D eigenvalue weighted by Crippen LogP contribution is -2.01. The summed E-state index contributed by atoms with van der Waals surface area (Å²) in [7, 11) is 1.42. The topological polar surface area (TPSA) is 104 Å². The second-order valence-electron chi connectivity index (χ2n) is 7.68. The van der Waals surface area contributed by atoms with E-state index in [4.69, 9.17) is 4.74 Å². The number of ether oxygens (including phenoxy) is 2. The Morgan fingerprint density at radius 2 is 1.84 bits per heavy atom. The van der Waals surface area contributed by atoms with Gasteiger partial charge in [-0.1, -0.05) is 18.1 Å². The van der Waals surface area contributed by atoms with Crippen LogP contribution in [0.1, 0.15) is 52.0 Å². The molecule has 0 spiro atoms. The minimum absolute atomic E-state index is 0.147. The number of carbonyl (C=O) groups is 1. The first-order valence-electron chi connectivity index (χ1n) is 10.9. The van der Waals surface area contributed by atoms with Crippen molar-refractivity contribution in [2.24, 2.45) is 0 Å². The molecule has 0 amide bonds. The van der Waals surface area contributed by atoms with Crippen LogP contribution in [-0.2, 0) is 9.53 Å². The molecule has 2 heterocycles. The lowest BCUT2D eigenvalue weighted by Gasteiger charge is -2.09. The molecule has 0 saturated carbocycles. The van der Waals surface area contributed by atoms with E-state index in [1.807, 2.05) is 50.4 Å². The molecule has 9 heteroatoms. The Balaban J connectivity index is 1.45. The summed E-state index contributed by atoms with van der Waals surface area (Å²) in [5.41, 5.74) is 2.28. The zero-order valence-corrected chi connectivity index (χ0v) is 18.8. The molecular formula is C23H30N6O3. The maximum absolute atomic E-state index is 11.1. The number of hydrogen-bond acceptors (Lipinski definition) is 8. The number of unbranched alkanes of at least 4 members (excludes halogenated alkanes) is 3. The first-order chi connectivity index (χ1) is 15.5. The van der Waals surface area contributed by atoms with Gasteiger partial charge in [0, 0.05) is 24.3 Å². The maximum Gasteiger partial charge on any atom is 0.305 e. The normalized spacial score (nSPS) is 10.9. The van der Waals surface area contributed by atoms with Gasteiger partial charge in [-0.2, -0.15) is 0 Å². The molecule has 3 aromatic rings. The third kappa shape index (κ3) is 7.04. The molecule has 0 aliphatic carbocycles. The molecule has 3 rings (SSSR count). The van der Waals surface area contributed by atoms with E-state index in [0.717, 1.165) is 37.1 Å². The van der Waals surface area contributed by atoms with Crippen molar-refractivity contribution in [3.63, 3.8) is 0 Å². The summed E-state index contributed by atoms with van der Waals surface area (Å²) in [5, 5.41) is 11.5. The van der Waals surface area contributed by atoms with Gasteiger partial charge in [-0.05, 0) is 57.0 Å². The third-order valence-corrected chi connectivity index (χ3v) is 4.84. The molecule has 0 aliphatic heterocycles. The highest BCUT2D eigenvalue weighted by atomic mass is 16.5. The molecule has 9 nitrogen and oxygen atoms in total. The van der Waals surface area contributed by atoms with Gasteiger partial charge in [-0.15, -0.1) is 5.10 Å². The van der Waals surface area contributed by atoms with Crippen LogP contribution in [0, 0.1) is 0 Å². The minimum atomic E-state index is -0.147. The molecule has 1 N–H and O–H groups in total. The number of nitrogens with one attached hydrogen (secondary N) is 1. The van der Waals surface area contributed by atoms with E-state index >= 15 is 0 Å². The van der Waals surface area contributed by atoms with Crippen molar-refractivity contribution in [1.82, 2.24) is 25.0 Å². The van der Waals surface area contributed by atoms with Gasteiger partial charge in [0.05, 0.1) is 25.6 Å². The van der Waals surface area contributed by atoms with Crippen molar-refractivity contribution in [3.8, 4) is 17.1 Å². The van der Waals surface area contributed by atoms with Crippen LogP contribution in [0.25, 0.3) is 11.4 Å². The third-order valence-electron chi connectivity index (χ3n) is 4.84. The van der Waals surface area contributed by atoms with Crippen LogP contribution >= 0.6 is 0 Å². The largest absolute Gasteiger partial charge is 0.494 e. The van der Waals surface area contributed by atoms with Gasteiger partial charge in [-0.3, -0.25) is 4.79 Å². The van der Waals surface area contributed by atoms with Crippen molar-refractivity contribution in [3.05, 3.63) is 42.7 Å². The maximum atomic E-state index is 11.1. The molecule has 32 heavy (non-hydrogen) atoms. The average Bonchev–Trinajstić information content (AvgIpc) is 3.30. The SMILES string of the molecule is COC(=O)CCCCCCOc1ccc(Nc2nccc(-c3cn(C(C)C)nn3)n2)cc1. The number of methoxy groups -OCH3 is 1. The summed E-state index contributed by atoms with van der Waals surface area (Å²) < 4.78 is 12.2. The number of benzene rings is 1. The van der Waals surface area contributed by atoms with Gasteiger partial charge >= 0.3 is 5.97 Å². The van der Waals surface area contributed by atoms with Gasteiger partial charge in [0.1, 0.15) is 11.4 Å². The zero-order valence-electron chi connectivity index (χ0n) is 18.8. The molecule has 0 saturated heterocycles. The Morgan fingerprint density at radius 1 is 1.06 bits per heavy atom. The molecular weight excluding hydrogens is 408 g/mol. The number of carbonyl (C=O) groups excluding carboxylic acids is 1. The number of aromatic nitrogens is 5. The lowest BCUT2D eigenvalue weighted by molar-refractivity contribution is -0.140.